The van der Waals surface area contributed by atoms with Gasteiger partial charge in [0.15, 0.2) is 6.10 Å². The Balaban J connectivity index is 1.09. The lowest BCUT2D eigenvalue weighted by Crippen LogP contribution is -2.62. The van der Waals surface area contributed by atoms with Gasteiger partial charge in [0, 0.05) is 36.6 Å². The van der Waals surface area contributed by atoms with Crippen LogP contribution in [0.2, 0.25) is 0 Å². The number of esters is 1. The van der Waals surface area contributed by atoms with Crippen LogP contribution in [-0.2, 0) is 48.2 Å². The van der Waals surface area contributed by atoms with Crippen molar-refractivity contribution < 1.29 is 38.2 Å². The number of ether oxygens (including phenoxy) is 3. The number of pyridine rings is 2. The van der Waals surface area contributed by atoms with Crippen molar-refractivity contribution in [1.29, 1.82) is 0 Å². The average molecular weight is 703 g/mol. The summed E-state index contributed by atoms with van der Waals surface area (Å²) in [4.78, 5) is 81.1. The third-order valence-corrected chi connectivity index (χ3v) is 9.48. The first-order valence-corrected chi connectivity index (χ1v) is 17.4. The molecule has 0 bridgehead atoms. The minimum Gasteiger partial charge on any atom is -0.458 e. The molecule has 0 radical (unpaired) electrons. The van der Waals surface area contributed by atoms with Gasteiger partial charge in [-0.3, -0.25) is 29.6 Å². The molecule has 5 heterocycles. The van der Waals surface area contributed by atoms with Gasteiger partial charge in [-0.2, -0.15) is 0 Å². The highest BCUT2D eigenvalue weighted by molar-refractivity contribution is 5.96. The van der Waals surface area contributed by atoms with E-state index >= 15 is 0 Å². The number of hydrogen-bond acceptors (Lipinski definition) is 10. The molecule has 2 atom stereocenters. The van der Waals surface area contributed by atoms with Gasteiger partial charge in [0.1, 0.15) is 18.4 Å². The van der Waals surface area contributed by atoms with Gasteiger partial charge in [0.2, 0.25) is 11.8 Å². The number of rotatable bonds is 13. The zero-order valence-electron chi connectivity index (χ0n) is 29.0. The molecule has 1 unspecified atom stereocenters. The maximum Gasteiger partial charge on any atom is 0.412 e. The minimum absolute atomic E-state index is 0.0244. The second-order valence-electron chi connectivity index (χ2n) is 12.9. The number of unbranched alkanes of at least 4 members (excludes halogenated alkanes) is 4. The van der Waals surface area contributed by atoms with E-state index in [0.29, 0.717) is 40.9 Å². The number of hydrazine groups is 1. The van der Waals surface area contributed by atoms with Gasteiger partial charge in [-0.15, -0.1) is 0 Å². The Hall–Kier alpha value is -5.31. The van der Waals surface area contributed by atoms with Crippen LogP contribution in [0.15, 0.2) is 29.1 Å². The van der Waals surface area contributed by atoms with Crippen molar-refractivity contribution in [3.63, 3.8) is 0 Å². The number of carbonyl (C=O) groups is 5. The molecule has 3 aliphatic rings. The number of benzene rings is 1. The maximum absolute atomic E-state index is 13.5. The normalized spacial score (nSPS) is 17.7. The zero-order chi connectivity index (χ0) is 36.2. The predicted octanol–water partition coefficient (Wildman–Crippen LogP) is 2.93. The Morgan fingerprint density at radius 1 is 1.06 bits per heavy atom. The summed E-state index contributed by atoms with van der Waals surface area (Å²) in [6.07, 6.45) is 3.91. The largest absolute Gasteiger partial charge is 0.458 e. The summed E-state index contributed by atoms with van der Waals surface area (Å²) < 4.78 is 17.7. The van der Waals surface area contributed by atoms with Gasteiger partial charge in [0.05, 0.1) is 42.0 Å². The third-order valence-electron chi connectivity index (χ3n) is 9.48. The molecule has 1 fully saturated rings. The summed E-state index contributed by atoms with van der Waals surface area (Å²) >= 11 is 0. The fourth-order valence-electron chi connectivity index (χ4n) is 6.92. The number of nitrogens with one attached hydrogen (secondary N) is 3. The number of carbonyl (C=O) groups excluding carboxylic acids is 5. The standard InChI is InChI=1S/C36H42N6O9/c1-4-6-7-8-9-10-29(43)38-27-17-30(44)40-42(34(27)46)14-13-37-36(48)51-20-11-12-26-22(15-20)21(5-2)24-18-41-28(31(24)39-26)16-23-25(33(41)45)19-50-35(47)32(23)49-3/h11-12,15-16,27,32H,4-10,13-14,17-19H2,1-3H3,(H,37,48)(H,38,43)(H,40,44)/t27-,32?/m1/s1. The van der Waals surface area contributed by atoms with E-state index < -0.39 is 36.0 Å². The van der Waals surface area contributed by atoms with E-state index in [1.54, 1.807) is 28.8 Å². The van der Waals surface area contributed by atoms with Crippen molar-refractivity contribution in [2.75, 3.05) is 20.2 Å². The molecule has 0 spiro atoms. The van der Waals surface area contributed by atoms with E-state index in [2.05, 4.69) is 23.0 Å². The molecule has 4 amide bonds. The van der Waals surface area contributed by atoms with Crippen LogP contribution in [0.5, 0.6) is 5.75 Å². The summed E-state index contributed by atoms with van der Waals surface area (Å²) in [6.45, 7) is 4.21. The van der Waals surface area contributed by atoms with Gasteiger partial charge in [-0.1, -0.05) is 39.5 Å². The van der Waals surface area contributed by atoms with E-state index in [-0.39, 0.29) is 49.9 Å². The number of cyclic esters (lactones) is 1. The highest BCUT2D eigenvalue weighted by Gasteiger charge is 2.36. The second-order valence-corrected chi connectivity index (χ2v) is 12.9. The third kappa shape index (κ3) is 7.29. The Morgan fingerprint density at radius 3 is 2.63 bits per heavy atom. The zero-order valence-corrected chi connectivity index (χ0v) is 29.0. The molecule has 270 valence electrons. The van der Waals surface area contributed by atoms with Crippen LogP contribution in [0.25, 0.3) is 22.3 Å². The fourth-order valence-corrected chi connectivity index (χ4v) is 6.92. The predicted molar refractivity (Wildman–Crippen MR) is 183 cm³/mol. The molecular weight excluding hydrogens is 660 g/mol. The van der Waals surface area contributed by atoms with Crippen LogP contribution >= 0.6 is 0 Å². The Bertz CT molecular complexity index is 1960. The van der Waals surface area contributed by atoms with Gasteiger partial charge >= 0.3 is 12.1 Å². The lowest BCUT2D eigenvalue weighted by Gasteiger charge is -2.32. The number of amides is 4. The van der Waals surface area contributed by atoms with Crippen LogP contribution < -0.4 is 26.4 Å². The maximum atomic E-state index is 13.5. The minimum atomic E-state index is -0.994. The lowest BCUT2D eigenvalue weighted by molar-refractivity contribution is -0.159. The average Bonchev–Trinajstić information content (AvgIpc) is 3.47. The molecule has 0 saturated carbocycles. The van der Waals surface area contributed by atoms with Gasteiger partial charge < -0.3 is 29.4 Å². The monoisotopic (exact) mass is 702 g/mol. The van der Waals surface area contributed by atoms with Crippen molar-refractivity contribution in [3.05, 3.63) is 56.9 Å². The van der Waals surface area contributed by atoms with Crippen molar-refractivity contribution in [2.45, 2.75) is 90.5 Å². The van der Waals surface area contributed by atoms with Crippen molar-refractivity contribution >= 4 is 40.7 Å². The van der Waals surface area contributed by atoms with E-state index in [1.165, 1.54) is 7.11 Å². The molecule has 6 rings (SSSR count). The smallest absolute Gasteiger partial charge is 0.412 e. The molecule has 3 aromatic rings. The molecule has 15 nitrogen and oxygen atoms in total. The Kier molecular flexibility index (Phi) is 10.6. The molecular formula is C36H42N6O9. The molecule has 15 heteroatoms. The summed E-state index contributed by atoms with van der Waals surface area (Å²) in [5.41, 5.74) is 6.76. The van der Waals surface area contributed by atoms with E-state index in [0.717, 1.165) is 53.6 Å². The highest BCUT2D eigenvalue weighted by Crippen LogP contribution is 2.39. The first-order valence-electron chi connectivity index (χ1n) is 17.4. The first kappa shape index (κ1) is 35.5. The lowest BCUT2D eigenvalue weighted by atomic mass is 9.97. The fraction of sp³-hybridized carbons (Fsp3) is 0.472. The number of aryl methyl sites for hydroxylation is 1. The molecule has 3 N–H and O–H groups in total. The Labute approximate surface area is 294 Å². The number of aromatic nitrogens is 2. The van der Waals surface area contributed by atoms with Crippen molar-refractivity contribution in [3.8, 4) is 17.1 Å². The van der Waals surface area contributed by atoms with Crippen LogP contribution in [0.1, 0.15) is 87.2 Å². The quantitative estimate of drug-likeness (QED) is 0.138. The number of nitrogens with zero attached hydrogens (tertiary/aromatic N) is 3. The van der Waals surface area contributed by atoms with E-state index in [9.17, 15) is 28.8 Å². The number of fused-ring (bicyclic) bond motifs is 5. The van der Waals surface area contributed by atoms with Gasteiger partial charge in [-0.25, -0.2) is 14.6 Å². The molecule has 3 aliphatic heterocycles. The molecule has 1 saturated heterocycles. The van der Waals surface area contributed by atoms with Crippen LogP contribution in [0.3, 0.4) is 0 Å². The number of methoxy groups -OCH3 is 1. The number of hydrogen-bond donors (Lipinski definition) is 3. The van der Waals surface area contributed by atoms with E-state index in [4.69, 9.17) is 19.2 Å². The summed E-state index contributed by atoms with van der Waals surface area (Å²) in [5, 5.41) is 7.12. The van der Waals surface area contributed by atoms with Crippen LogP contribution in [-0.4, -0.2) is 70.6 Å². The van der Waals surface area contributed by atoms with Crippen LogP contribution in [0.4, 0.5) is 4.79 Å². The van der Waals surface area contributed by atoms with Gasteiger partial charge in [0.25, 0.3) is 11.5 Å². The molecule has 1 aromatic carbocycles. The summed E-state index contributed by atoms with van der Waals surface area (Å²) in [5.74, 6) is -1.43. The second kappa shape index (κ2) is 15.3. The van der Waals surface area contributed by atoms with Crippen molar-refractivity contribution in [1.82, 2.24) is 30.6 Å². The van der Waals surface area contributed by atoms with Crippen molar-refractivity contribution in [2.24, 2.45) is 0 Å². The first-order chi connectivity index (χ1) is 24.6. The van der Waals surface area contributed by atoms with Crippen LogP contribution in [0, 0.1) is 0 Å². The topological polar surface area (TPSA) is 187 Å². The highest BCUT2D eigenvalue weighted by atomic mass is 16.6. The molecule has 2 aromatic heterocycles. The molecule has 0 aliphatic carbocycles. The molecule has 51 heavy (non-hydrogen) atoms. The van der Waals surface area contributed by atoms with Gasteiger partial charge in [-0.05, 0) is 42.7 Å². The summed E-state index contributed by atoms with van der Waals surface area (Å²) in [7, 11) is 1.39. The Morgan fingerprint density at radius 2 is 1.86 bits per heavy atom. The van der Waals surface area contributed by atoms with E-state index in [1.807, 2.05) is 6.92 Å². The SMILES string of the molecule is CCCCCCCC(=O)N[C@@H]1CC(=O)NN(CCNC(=O)Oc2ccc3nc4c(c(CC)c3c2)Cn2c-4cc3c(c2=O)COC(=O)C3OC)C1=O. The summed E-state index contributed by atoms with van der Waals surface area (Å²) in [6, 6.07) is 5.88.